The summed E-state index contributed by atoms with van der Waals surface area (Å²) >= 11 is 0. The summed E-state index contributed by atoms with van der Waals surface area (Å²) in [6.07, 6.45) is 7.47. The van der Waals surface area contributed by atoms with Crippen molar-refractivity contribution in [3.63, 3.8) is 0 Å². The number of hydrogen-bond donors (Lipinski definition) is 1. The van der Waals surface area contributed by atoms with Gasteiger partial charge in [-0.25, -0.2) is 12.8 Å². The molecule has 0 bridgehead atoms. The number of benzene rings is 2. The fourth-order valence-electron chi connectivity index (χ4n) is 7.97. The van der Waals surface area contributed by atoms with Crippen molar-refractivity contribution in [2.45, 2.75) is 90.1 Å². The Labute approximate surface area is 281 Å². The largest absolute Gasteiger partial charge is 0.416 e. The highest BCUT2D eigenvalue weighted by molar-refractivity contribution is 7.88. The summed E-state index contributed by atoms with van der Waals surface area (Å²) in [6, 6.07) is 9.86. The molecule has 1 aromatic heterocycles. The Bertz CT molecular complexity index is 1640. The highest BCUT2D eigenvalue weighted by Crippen LogP contribution is 2.38. The van der Waals surface area contributed by atoms with Crippen LogP contribution in [0.5, 0.6) is 0 Å². The summed E-state index contributed by atoms with van der Waals surface area (Å²) in [7, 11) is -3.47. The topological polar surface area (TPSA) is 70.5 Å². The molecule has 1 aliphatic carbocycles. The number of sulfonamides is 1. The number of aryl methyl sites for hydroxylation is 1. The summed E-state index contributed by atoms with van der Waals surface area (Å²) < 4.78 is 84.0. The van der Waals surface area contributed by atoms with Crippen LogP contribution in [0, 0.1) is 17.7 Å². The number of hydrogen-bond acceptors (Lipinski definition) is 5. The van der Waals surface area contributed by atoms with Crippen molar-refractivity contribution in [1.29, 1.82) is 0 Å². The summed E-state index contributed by atoms with van der Waals surface area (Å²) in [5, 5.41) is 8.01. The molecule has 2 aliphatic heterocycles. The average molecular weight is 690 g/mol. The van der Waals surface area contributed by atoms with Gasteiger partial charge in [-0.1, -0.05) is 50.3 Å². The van der Waals surface area contributed by atoms with E-state index in [1.54, 1.807) is 12.1 Å². The fraction of sp³-hybridized carbons (Fsp3) is 0.583. The zero-order valence-electron chi connectivity index (χ0n) is 27.7. The maximum Gasteiger partial charge on any atom is 0.416 e. The number of alkyl halides is 3. The van der Waals surface area contributed by atoms with E-state index in [1.807, 2.05) is 4.68 Å². The molecule has 1 saturated carbocycles. The van der Waals surface area contributed by atoms with E-state index < -0.39 is 21.8 Å². The molecule has 2 fully saturated rings. The zero-order chi connectivity index (χ0) is 33.9. The number of aromatic nitrogens is 2. The van der Waals surface area contributed by atoms with E-state index in [1.165, 1.54) is 79.8 Å². The van der Waals surface area contributed by atoms with Gasteiger partial charge in [0.05, 0.1) is 17.5 Å². The zero-order valence-corrected chi connectivity index (χ0v) is 28.6. The van der Waals surface area contributed by atoms with E-state index in [2.05, 4.69) is 10.2 Å². The molecule has 262 valence electrons. The molecule has 12 heteroatoms. The minimum absolute atomic E-state index is 0.0597. The third-order valence-electron chi connectivity index (χ3n) is 10.6. The first-order valence-corrected chi connectivity index (χ1v) is 19.2. The van der Waals surface area contributed by atoms with Crippen molar-refractivity contribution in [2.75, 3.05) is 32.4 Å². The van der Waals surface area contributed by atoms with E-state index in [0.29, 0.717) is 30.8 Å². The molecule has 0 amide bonds. The smallest absolute Gasteiger partial charge is 0.309 e. The van der Waals surface area contributed by atoms with Crippen LogP contribution in [0.2, 0.25) is 0 Å². The Kier molecular flexibility index (Phi) is 10.9. The Balaban J connectivity index is 1.19. The van der Waals surface area contributed by atoms with Gasteiger partial charge in [-0.05, 0) is 86.1 Å². The van der Waals surface area contributed by atoms with Crippen LogP contribution >= 0.6 is 0 Å². The molecule has 48 heavy (non-hydrogen) atoms. The molecule has 0 spiro atoms. The minimum atomic E-state index is -4.55. The third-order valence-corrected chi connectivity index (χ3v) is 11.9. The van der Waals surface area contributed by atoms with Gasteiger partial charge in [0.1, 0.15) is 5.82 Å². The lowest BCUT2D eigenvalue weighted by molar-refractivity contribution is -0.138. The quantitative estimate of drug-likeness (QED) is 0.220. The molecular weight excluding hydrogens is 642 g/mol. The molecule has 0 unspecified atom stereocenters. The van der Waals surface area contributed by atoms with Crippen molar-refractivity contribution >= 4 is 10.0 Å². The molecule has 0 radical (unpaired) electrons. The number of nitrogens with zero attached hydrogens (tertiary/aromatic N) is 4. The van der Waals surface area contributed by atoms with Gasteiger partial charge in [0.2, 0.25) is 10.0 Å². The standard InChI is InChI=1S/C36H47F4N5O2S/c1-48(46,47)44-21-16-34-32(25-44)35(42-45(34)18-5-17-43-19-14-28(15-20-43)27-6-3-2-4-7-27)29-10-13-33(36(38,39)40)30(22-29)24-41-23-26-8-11-31(37)12-9-26/h8-13,22,27-28,41H,2-7,14-21,23-25H2,1H3. The molecule has 3 aliphatic rings. The number of halogens is 4. The van der Waals surface area contributed by atoms with Gasteiger partial charge in [-0.2, -0.15) is 22.6 Å². The second kappa shape index (κ2) is 15.0. The van der Waals surface area contributed by atoms with Gasteiger partial charge in [-0.15, -0.1) is 0 Å². The molecule has 1 saturated heterocycles. The van der Waals surface area contributed by atoms with E-state index in [-0.39, 0.29) is 31.0 Å². The number of nitrogens with one attached hydrogen (secondary N) is 1. The van der Waals surface area contributed by atoms with Crippen LogP contribution in [0.25, 0.3) is 11.3 Å². The van der Waals surface area contributed by atoms with E-state index in [0.717, 1.165) is 60.8 Å². The van der Waals surface area contributed by atoms with Crippen molar-refractivity contribution in [3.05, 3.63) is 76.2 Å². The van der Waals surface area contributed by atoms with Crippen molar-refractivity contribution in [2.24, 2.45) is 11.8 Å². The number of fused-ring (bicyclic) bond motifs is 1. The monoisotopic (exact) mass is 689 g/mol. The first-order chi connectivity index (χ1) is 23.0. The van der Waals surface area contributed by atoms with Crippen LogP contribution in [0.3, 0.4) is 0 Å². The van der Waals surface area contributed by atoms with Crippen LogP contribution in [-0.4, -0.2) is 59.8 Å². The highest BCUT2D eigenvalue weighted by atomic mass is 32.2. The Hall–Kier alpha value is -2.80. The molecular formula is C36H47F4N5O2S. The Morgan fingerprint density at radius 3 is 2.29 bits per heavy atom. The van der Waals surface area contributed by atoms with Crippen molar-refractivity contribution in [1.82, 2.24) is 24.3 Å². The molecule has 2 aromatic carbocycles. The number of rotatable bonds is 11. The normalized spacial score (nSPS) is 19.1. The van der Waals surface area contributed by atoms with Crippen LogP contribution < -0.4 is 5.32 Å². The van der Waals surface area contributed by atoms with Gasteiger partial charge in [0.15, 0.2) is 0 Å². The summed E-state index contributed by atoms with van der Waals surface area (Å²) in [6.45, 7) is 4.56. The maximum absolute atomic E-state index is 14.1. The SMILES string of the molecule is CS(=O)(=O)N1CCc2c(c(-c3ccc(C(F)(F)F)c(CNCc4ccc(F)cc4)c3)nn2CCCN2CCC(C3CCCCC3)CC2)C1. The van der Waals surface area contributed by atoms with Gasteiger partial charge < -0.3 is 10.2 Å². The summed E-state index contributed by atoms with van der Waals surface area (Å²) in [4.78, 5) is 2.54. The van der Waals surface area contributed by atoms with Gasteiger partial charge in [-0.3, -0.25) is 4.68 Å². The second-order valence-electron chi connectivity index (χ2n) is 13.9. The molecule has 3 heterocycles. The first kappa shape index (κ1) is 35.0. The predicted molar refractivity (Wildman–Crippen MR) is 179 cm³/mol. The Morgan fingerprint density at radius 1 is 0.896 bits per heavy atom. The van der Waals surface area contributed by atoms with E-state index >= 15 is 0 Å². The first-order valence-electron chi connectivity index (χ1n) is 17.4. The lowest BCUT2D eigenvalue weighted by Crippen LogP contribution is -2.37. The Morgan fingerprint density at radius 2 is 1.60 bits per heavy atom. The third kappa shape index (κ3) is 8.49. The fourth-order valence-corrected chi connectivity index (χ4v) is 8.76. The molecule has 1 N–H and O–H groups in total. The van der Waals surface area contributed by atoms with Crippen LogP contribution in [0.1, 0.15) is 79.3 Å². The molecule has 6 rings (SSSR count). The molecule has 3 aromatic rings. The van der Waals surface area contributed by atoms with Gasteiger partial charge in [0, 0.05) is 56.0 Å². The second-order valence-corrected chi connectivity index (χ2v) is 15.9. The minimum Gasteiger partial charge on any atom is -0.309 e. The van der Waals surface area contributed by atoms with Crippen molar-refractivity contribution < 1.29 is 26.0 Å². The van der Waals surface area contributed by atoms with Crippen LogP contribution in [-0.2, 0) is 48.8 Å². The number of likely N-dealkylation sites (tertiary alicyclic amines) is 1. The predicted octanol–water partition coefficient (Wildman–Crippen LogP) is 7.00. The van der Waals surface area contributed by atoms with Gasteiger partial charge in [0.25, 0.3) is 0 Å². The molecule has 7 nitrogen and oxygen atoms in total. The summed E-state index contributed by atoms with van der Waals surface area (Å²) in [5.74, 6) is 1.38. The van der Waals surface area contributed by atoms with Crippen molar-refractivity contribution in [3.8, 4) is 11.3 Å². The maximum atomic E-state index is 14.1. The summed E-state index contributed by atoms with van der Waals surface area (Å²) in [5.41, 5.74) is 2.84. The number of piperidine rings is 1. The van der Waals surface area contributed by atoms with Gasteiger partial charge >= 0.3 is 6.18 Å². The average Bonchev–Trinajstić information content (AvgIpc) is 3.43. The van der Waals surface area contributed by atoms with Crippen LogP contribution in [0.4, 0.5) is 17.6 Å². The van der Waals surface area contributed by atoms with E-state index in [9.17, 15) is 26.0 Å². The van der Waals surface area contributed by atoms with E-state index in [4.69, 9.17) is 5.10 Å². The highest BCUT2D eigenvalue weighted by Gasteiger charge is 2.35. The van der Waals surface area contributed by atoms with Crippen LogP contribution in [0.15, 0.2) is 42.5 Å². The lowest BCUT2D eigenvalue weighted by atomic mass is 9.76. The molecule has 0 atom stereocenters. The lowest BCUT2D eigenvalue weighted by Gasteiger charge is -2.37.